The summed E-state index contributed by atoms with van der Waals surface area (Å²) >= 11 is 0. The first-order valence-electron chi connectivity index (χ1n) is 5.86. The maximum absolute atomic E-state index is 12.9. The number of nitrogens with zero attached hydrogens (tertiary/aromatic N) is 3. The van der Waals surface area contributed by atoms with Gasteiger partial charge in [0.05, 0.1) is 5.69 Å². The predicted octanol–water partition coefficient (Wildman–Crippen LogP) is 2.86. The minimum absolute atomic E-state index is 0.00927. The van der Waals surface area contributed by atoms with Crippen LogP contribution in [0.15, 0.2) is 30.6 Å². The van der Waals surface area contributed by atoms with Gasteiger partial charge in [-0.25, -0.2) is 4.68 Å². The molecule has 0 radical (unpaired) electrons. The van der Waals surface area contributed by atoms with Crippen LogP contribution in [0.2, 0.25) is 0 Å². The van der Waals surface area contributed by atoms with Crippen LogP contribution < -0.4 is 5.32 Å². The molecule has 1 unspecified atom stereocenters. The summed E-state index contributed by atoms with van der Waals surface area (Å²) in [5.41, 5.74) is 1.19. The first kappa shape index (κ1) is 12.0. The van der Waals surface area contributed by atoms with E-state index in [0.717, 1.165) is 4.68 Å². The van der Waals surface area contributed by atoms with Gasteiger partial charge in [0.25, 0.3) is 0 Å². The molecule has 0 saturated carbocycles. The van der Waals surface area contributed by atoms with Gasteiger partial charge in [-0.15, -0.1) is 0 Å². The van der Waals surface area contributed by atoms with Gasteiger partial charge in [-0.1, -0.05) is 0 Å². The number of halogens is 3. The van der Waals surface area contributed by atoms with Crippen LogP contribution in [0.1, 0.15) is 12.5 Å². The highest BCUT2D eigenvalue weighted by Gasteiger charge is 2.43. The lowest BCUT2D eigenvalue weighted by molar-refractivity contribution is -0.171. The topological polar surface area (TPSA) is 42.7 Å². The summed E-state index contributed by atoms with van der Waals surface area (Å²) in [6, 6.07) is 3.55. The van der Waals surface area contributed by atoms with Crippen molar-refractivity contribution in [2.24, 2.45) is 0 Å². The Kier molecular flexibility index (Phi) is 2.69. The number of pyridine rings is 1. The maximum Gasteiger partial charge on any atom is 0.410 e. The van der Waals surface area contributed by atoms with Gasteiger partial charge in [0.15, 0.2) is 6.04 Å². The number of hydrogen-bond donors (Lipinski definition) is 1. The molecule has 0 amide bonds. The third-order valence-electron chi connectivity index (χ3n) is 3.09. The largest absolute Gasteiger partial charge is 0.410 e. The van der Waals surface area contributed by atoms with E-state index >= 15 is 0 Å². The molecule has 1 aliphatic rings. The summed E-state index contributed by atoms with van der Waals surface area (Å²) in [6.07, 6.45) is -1.10. The van der Waals surface area contributed by atoms with Crippen LogP contribution in [0.4, 0.5) is 19.0 Å². The Balaban J connectivity index is 2.03. The van der Waals surface area contributed by atoms with Gasteiger partial charge >= 0.3 is 6.18 Å². The van der Waals surface area contributed by atoms with Crippen molar-refractivity contribution in [2.45, 2.75) is 18.6 Å². The molecular formula is C12H11F3N4. The molecule has 1 N–H and O–H groups in total. The molecule has 1 aliphatic heterocycles. The number of hydrogen-bond acceptors (Lipinski definition) is 3. The highest BCUT2D eigenvalue weighted by Crippen LogP contribution is 2.38. The molecule has 19 heavy (non-hydrogen) atoms. The van der Waals surface area contributed by atoms with Crippen molar-refractivity contribution < 1.29 is 13.2 Å². The van der Waals surface area contributed by atoms with Gasteiger partial charge in [-0.2, -0.15) is 18.3 Å². The zero-order valence-electron chi connectivity index (χ0n) is 9.85. The van der Waals surface area contributed by atoms with E-state index < -0.39 is 12.2 Å². The minimum Gasteiger partial charge on any atom is -0.370 e. The molecule has 3 rings (SSSR count). The number of anilines is 1. The van der Waals surface area contributed by atoms with Crippen molar-refractivity contribution in [1.82, 2.24) is 14.8 Å². The number of aromatic nitrogens is 3. The highest BCUT2D eigenvalue weighted by molar-refractivity contribution is 5.62. The summed E-state index contributed by atoms with van der Waals surface area (Å²) in [5.74, 6) is 0.396. The number of nitrogens with one attached hydrogen (secondary N) is 1. The average molecular weight is 268 g/mol. The van der Waals surface area contributed by atoms with Crippen molar-refractivity contribution >= 4 is 5.82 Å². The van der Waals surface area contributed by atoms with E-state index in [1.807, 2.05) is 0 Å². The van der Waals surface area contributed by atoms with Crippen LogP contribution in [0.3, 0.4) is 0 Å². The third-order valence-corrected chi connectivity index (χ3v) is 3.09. The van der Waals surface area contributed by atoms with E-state index in [4.69, 9.17) is 0 Å². The van der Waals surface area contributed by atoms with Crippen LogP contribution in [-0.4, -0.2) is 27.5 Å². The summed E-state index contributed by atoms with van der Waals surface area (Å²) in [5, 5.41) is 7.00. The van der Waals surface area contributed by atoms with Crippen molar-refractivity contribution in [3.05, 3.63) is 30.6 Å². The van der Waals surface area contributed by atoms with Crippen LogP contribution in [0, 0.1) is 0 Å². The van der Waals surface area contributed by atoms with Crippen LogP contribution in [-0.2, 0) is 0 Å². The maximum atomic E-state index is 12.9. The van der Waals surface area contributed by atoms with Gasteiger partial charge < -0.3 is 5.32 Å². The summed E-state index contributed by atoms with van der Waals surface area (Å²) < 4.78 is 39.8. The number of fused-ring (bicyclic) bond motifs is 1. The zero-order valence-corrected chi connectivity index (χ0v) is 9.85. The molecule has 100 valence electrons. The summed E-state index contributed by atoms with van der Waals surface area (Å²) in [6.45, 7) is 0.294. The molecule has 3 heterocycles. The van der Waals surface area contributed by atoms with Crippen LogP contribution in [0.25, 0.3) is 11.3 Å². The van der Waals surface area contributed by atoms with Gasteiger partial charge in [0.2, 0.25) is 0 Å². The van der Waals surface area contributed by atoms with Crippen molar-refractivity contribution in [2.75, 3.05) is 11.9 Å². The quantitative estimate of drug-likeness (QED) is 0.864. The molecule has 0 saturated heterocycles. The molecule has 0 spiro atoms. The second-order valence-electron chi connectivity index (χ2n) is 4.37. The fraction of sp³-hybridized carbons (Fsp3) is 0.333. The van der Waals surface area contributed by atoms with E-state index in [1.165, 1.54) is 0 Å². The fourth-order valence-electron chi connectivity index (χ4n) is 2.18. The SMILES string of the molecule is FC(F)(F)C1CCNc2cc(-c3cccnc3)nn21. The second-order valence-corrected chi connectivity index (χ2v) is 4.37. The lowest BCUT2D eigenvalue weighted by Gasteiger charge is -2.27. The van der Waals surface area contributed by atoms with Crippen LogP contribution in [0.5, 0.6) is 0 Å². The van der Waals surface area contributed by atoms with Gasteiger partial charge in [0, 0.05) is 30.6 Å². The molecule has 4 nitrogen and oxygen atoms in total. The molecule has 2 aromatic rings. The Bertz CT molecular complexity index is 576. The lowest BCUT2D eigenvalue weighted by Crippen LogP contribution is -2.33. The summed E-state index contributed by atoms with van der Waals surface area (Å²) in [7, 11) is 0. The minimum atomic E-state index is -4.28. The van der Waals surface area contributed by atoms with E-state index in [9.17, 15) is 13.2 Å². The van der Waals surface area contributed by atoms with Crippen molar-refractivity contribution in [3.8, 4) is 11.3 Å². The van der Waals surface area contributed by atoms with Gasteiger partial charge in [-0.3, -0.25) is 4.98 Å². The zero-order chi connectivity index (χ0) is 13.5. The molecule has 0 aliphatic carbocycles. The molecule has 7 heteroatoms. The Morgan fingerprint density at radius 2 is 2.21 bits per heavy atom. The normalized spacial score (nSPS) is 18.8. The van der Waals surface area contributed by atoms with E-state index in [1.54, 1.807) is 30.6 Å². The molecule has 0 aromatic carbocycles. The molecule has 0 fully saturated rings. The first-order valence-corrected chi connectivity index (χ1v) is 5.86. The molecule has 1 atom stereocenters. The number of alkyl halides is 3. The first-order chi connectivity index (χ1) is 9.05. The van der Waals surface area contributed by atoms with Crippen molar-refractivity contribution in [1.29, 1.82) is 0 Å². The average Bonchev–Trinajstić information content (AvgIpc) is 2.82. The summed E-state index contributed by atoms with van der Waals surface area (Å²) in [4.78, 5) is 3.94. The Morgan fingerprint density at radius 3 is 2.89 bits per heavy atom. The van der Waals surface area contributed by atoms with Crippen molar-refractivity contribution in [3.63, 3.8) is 0 Å². The predicted molar refractivity (Wildman–Crippen MR) is 63.7 cm³/mol. The van der Waals surface area contributed by atoms with E-state index in [-0.39, 0.29) is 6.42 Å². The van der Waals surface area contributed by atoms with Gasteiger partial charge in [0.1, 0.15) is 5.82 Å². The lowest BCUT2D eigenvalue weighted by atomic mass is 10.1. The van der Waals surface area contributed by atoms with E-state index in [2.05, 4.69) is 15.4 Å². The molecule has 2 aromatic heterocycles. The van der Waals surface area contributed by atoms with Crippen LogP contribution >= 0.6 is 0 Å². The second kappa shape index (κ2) is 4.25. The smallest absolute Gasteiger partial charge is 0.370 e. The Hall–Kier alpha value is -2.05. The monoisotopic (exact) mass is 268 g/mol. The fourth-order valence-corrected chi connectivity index (χ4v) is 2.18. The standard InChI is InChI=1S/C12H11F3N4/c13-12(14,15)10-3-5-17-11-6-9(18-19(10)11)8-2-1-4-16-7-8/h1-2,4,6-7,10,17H,3,5H2. The number of rotatable bonds is 1. The van der Waals surface area contributed by atoms with Gasteiger partial charge in [-0.05, 0) is 18.6 Å². The van der Waals surface area contributed by atoms with E-state index in [0.29, 0.717) is 23.6 Å². The Morgan fingerprint density at radius 1 is 1.37 bits per heavy atom. The third kappa shape index (κ3) is 2.16. The highest BCUT2D eigenvalue weighted by atomic mass is 19.4. The Labute approximate surface area is 107 Å². The molecule has 0 bridgehead atoms. The molecular weight excluding hydrogens is 257 g/mol.